The summed E-state index contributed by atoms with van der Waals surface area (Å²) < 4.78 is 1.58. The minimum absolute atomic E-state index is 0.00712. The Morgan fingerprint density at radius 3 is 3.05 bits per heavy atom. The van der Waals surface area contributed by atoms with Gasteiger partial charge in [0, 0.05) is 24.4 Å². The number of thiophene rings is 1. The number of rotatable bonds is 5. The van der Waals surface area contributed by atoms with Crippen LogP contribution in [0.25, 0.3) is 10.2 Å². The number of amides is 1. The van der Waals surface area contributed by atoms with Crippen LogP contribution in [0.4, 0.5) is 0 Å². The molecule has 0 saturated carbocycles. The van der Waals surface area contributed by atoms with Crippen LogP contribution < -0.4 is 10.9 Å². The predicted molar refractivity (Wildman–Crippen MR) is 88.4 cm³/mol. The molecular formula is C16H21N3O2S. The molecule has 1 aliphatic rings. The lowest BCUT2D eigenvalue weighted by atomic mass is 9.97. The van der Waals surface area contributed by atoms with Gasteiger partial charge >= 0.3 is 0 Å². The van der Waals surface area contributed by atoms with E-state index in [-0.39, 0.29) is 11.5 Å². The van der Waals surface area contributed by atoms with Gasteiger partial charge in [0.15, 0.2) is 0 Å². The van der Waals surface area contributed by atoms with Gasteiger partial charge in [0.05, 0.1) is 11.7 Å². The summed E-state index contributed by atoms with van der Waals surface area (Å²) in [5.74, 6) is -0.0128. The Kier molecular flexibility index (Phi) is 4.57. The Hall–Kier alpha value is -1.69. The molecule has 0 fully saturated rings. The molecule has 1 aliphatic carbocycles. The minimum atomic E-state index is -0.0128. The Bertz CT molecular complexity index is 748. The number of fused-ring (bicyclic) bond motifs is 3. The monoisotopic (exact) mass is 319 g/mol. The first-order valence-electron chi connectivity index (χ1n) is 7.97. The van der Waals surface area contributed by atoms with Crippen LogP contribution in [0, 0.1) is 0 Å². The number of carbonyl (C=O) groups excluding carboxylic acids is 1. The summed E-state index contributed by atoms with van der Waals surface area (Å²) in [5, 5.41) is 3.62. The summed E-state index contributed by atoms with van der Waals surface area (Å²) in [6.45, 7) is 3.09. The maximum Gasteiger partial charge on any atom is 0.262 e. The van der Waals surface area contributed by atoms with Gasteiger partial charge < -0.3 is 5.32 Å². The molecule has 0 saturated heterocycles. The lowest BCUT2D eigenvalue weighted by Crippen LogP contribution is -2.28. The highest BCUT2D eigenvalue weighted by Gasteiger charge is 2.19. The highest BCUT2D eigenvalue weighted by molar-refractivity contribution is 7.18. The molecule has 0 aliphatic heterocycles. The molecule has 0 bridgehead atoms. The van der Waals surface area contributed by atoms with Crippen molar-refractivity contribution < 1.29 is 4.79 Å². The Morgan fingerprint density at radius 1 is 1.41 bits per heavy atom. The van der Waals surface area contributed by atoms with Crippen LogP contribution >= 0.6 is 11.3 Å². The topological polar surface area (TPSA) is 64.0 Å². The van der Waals surface area contributed by atoms with E-state index in [1.165, 1.54) is 16.9 Å². The van der Waals surface area contributed by atoms with Gasteiger partial charge in [-0.2, -0.15) is 0 Å². The molecule has 3 rings (SSSR count). The first kappa shape index (κ1) is 15.2. The molecule has 22 heavy (non-hydrogen) atoms. The average Bonchev–Trinajstić information content (AvgIpc) is 2.91. The van der Waals surface area contributed by atoms with E-state index in [0.29, 0.717) is 19.5 Å². The number of nitrogens with zero attached hydrogens (tertiary/aromatic N) is 2. The maximum absolute atomic E-state index is 12.7. The molecule has 0 spiro atoms. The molecule has 0 unspecified atom stereocenters. The van der Waals surface area contributed by atoms with Crippen LogP contribution in [-0.2, 0) is 24.2 Å². The molecule has 2 heterocycles. The number of hydrogen-bond donors (Lipinski definition) is 1. The average molecular weight is 319 g/mol. The molecule has 1 amide bonds. The van der Waals surface area contributed by atoms with E-state index >= 15 is 0 Å². The van der Waals surface area contributed by atoms with Gasteiger partial charge in [0.1, 0.15) is 4.83 Å². The molecule has 0 radical (unpaired) electrons. The second kappa shape index (κ2) is 6.60. The van der Waals surface area contributed by atoms with Crippen molar-refractivity contribution in [3.63, 3.8) is 0 Å². The third kappa shape index (κ3) is 2.92. The van der Waals surface area contributed by atoms with Crippen molar-refractivity contribution in [1.29, 1.82) is 0 Å². The number of nitrogens with one attached hydrogen (secondary N) is 1. The fourth-order valence-corrected chi connectivity index (χ4v) is 4.13. The van der Waals surface area contributed by atoms with E-state index in [9.17, 15) is 9.59 Å². The van der Waals surface area contributed by atoms with Gasteiger partial charge in [0.2, 0.25) is 5.91 Å². The van der Waals surface area contributed by atoms with Crippen molar-refractivity contribution in [3.8, 4) is 0 Å². The van der Waals surface area contributed by atoms with Crippen molar-refractivity contribution in [3.05, 3.63) is 27.1 Å². The summed E-state index contributed by atoms with van der Waals surface area (Å²) >= 11 is 1.65. The molecule has 0 atom stereocenters. The Balaban J connectivity index is 1.84. The van der Waals surface area contributed by atoms with Crippen LogP contribution in [0.2, 0.25) is 0 Å². The van der Waals surface area contributed by atoms with Gasteiger partial charge in [-0.15, -0.1) is 11.3 Å². The van der Waals surface area contributed by atoms with E-state index in [0.717, 1.165) is 35.9 Å². The number of aryl methyl sites for hydroxylation is 3. The summed E-state index contributed by atoms with van der Waals surface area (Å²) in [4.78, 5) is 31.0. The molecule has 2 aromatic rings. The van der Waals surface area contributed by atoms with Crippen LogP contribution in [0.3, 0.4) is 0 Å². The fraction of sp³-hybridized carbons (Fsp3) is 0.562. The summed E-state index contributed by atoms with van der Waals surface area (Å²) in [6.07, 6.45) is 7.21. The standard InChI is InChI=1S/C16H21N3O2S/c1-2-8-17-13(20)7-9-19-10-18-15-14(16(19)21)11-5-3-4-6-12(11)22-15/h10H,2-9H2,1H3,(H,17,20). The third-order valence-electron chi connectivity index (χ3n) is 4.09. The van der Waals surface area contributed by atoms with Crippen molar-refractivity contribution >= 4 is 27.5 Å². The summed E-state index contributed by atoms with van der Waals surface area (Å²) in [5.41, 5.74) is 1.21. The van der Waals surface area contributed by atoms with E-state index in [4.69, 9.17) is 0 Å². The van der Waals surface area contributed by atoms with Crippen LogP contribution in [0.5, 0.6) is 0 Å². The summed E-state index contributed by atoms with van der Waals surface area (Å²) in [6, 6.07) is 0. The molecular weight excluding hydrogens is 298 g/mol. The number of carbonyl (C=O) groups is 1. The SMILES string of the molecule is CCCNC(=O)CCn1cnc2sc3c(c2c1=O)CCCC3. The molecule has 6 heteroatoms. The summed E-state index contributed by atoms with van der Waals surface area (Å²) in [7, 11) is 0. The first-order chi connectivity index (χ1) is 10.7. The lowest BCUT2D eigenvalue weighted by Gasteiger charge is -2.10. The van der Waals surface area contributed by atoms with Gasteiger partial charge in [-0.3, -0.25) is 14.2 Å². The Labute approximate surface area is 133 Å². The molecule has 5 nitrogen and oxygen atoms in total. The van der Waals surface area contributed by atoms with Crippen LogP contribution in [0.1, 0.15) is 43.0 Å². The zero-order chi connectivity index (χ0) is 15.5. The predicted octanol–water partition coefficient (Wildman–Crippen LogP) is 2.25. The van der Waals surface area contributed by atoms with Gasteiger partial charge in [-0.1, -0.05) is 6.92 Å². The molecule has 2 aromatic heterocycles. The Morgan fingerprint density at radius 2 is 2.23 bits per heavy atom. The zero-order valence-corrected chi connectivity index (χ0v) is 13.7. The van der Waals surface area contributed by atoms with Gasteiger partial charge in [-0.25, -0.2) is 4.98 Å². The maximum atomic E-state index is 12.7. The van der Waals surface area contributed by atoms with Gasteiger partial charge in [-0.05, 0) is 37.7 Å². The largest absolute Gasteiger partial charge is 0.356 e. The van der Waals surface area contributed by atoms with Gasteiger partial charge in [0.25, 0.3) is 5.56 Å². The fourth-order valence-electron chi connectivity index (χ4n) is 2.92. The van der Waals surface area contributed by atoms with E-state index in [1.807, 2.05) is 6.92 Å². The lowest BCUT2D eigenvalue weighted by molar-refractivity contribution is -0.121. The van der Waals surface area contributed by atoms with E-state index < -0.39 is 0 Å². The first-order valence-corrected chi connectivity index (χ1v) is 8.78. The second-order valence-electron chi connectivity index (χ2n) is 5.73. The highest BCUT2D eigenvalue weighted by atomic mass is 32.1. The zero-order valence-electron chi connectivity index (χ0n) is 12.9. The van der Waals surface area contributed by atoms with Crippen LogP contribution in [-0.4, -0.2) is 22.0 Å². The van der Waals surface area contributed by atoms with E-state index in [1.54, 1.807) is 22.2 Å². The quantitative estimate of drug-likeness (QED) is 0.919. The number of hydrogen-bond acceptors (Lipinski definition) is 4. The normalized spacial score (nSPS) is 14.0. The smallest absolute Gasteiger partial charge is 0.262 e. The molecule has 0 aromatic carbocycles. The number of aromatic nitrogens is 2. The minimum Gasteiger partial charge on any atom is -0.356 e. The van der Waals surface area contributed by atoms with Crippen molar-refractivity contribution in [2.24, 2.45) is 0 Å². The molecule has 118 valence electrons. The van der Waals surface area contributed by atoms with E-state index in [2.05, 4.69) is 10.3 Å². The highest BCUT2D eigenvalue weighted by Crippen LogP contribution is 2.33. The van der Waals surface area contributed by atoms with Crippen molar-refractivity contribution in [2.45, 2.75) is 52.0 Å². The molecule has 1 N–H and O–H groups in total. The second-order valence-corrected chi connectivity index (χ2v) is 6.82. The third-order valence-corrected chi connectivity index (χ3v) is 5.29. The van der Waals surface area contributed by atoms with Crippen molar-refractivity contribution in [1.82, 2.24) is 14.9 Å². The van der Waals surface area contributed by atoms with Crippen LogP contribution in [0.15, 0.2) is 11.1 Å². The van der Waals surface area contributed by atoms with Crippen molar-refractivity contribution in [2.75, 3.05) is 6.54 Å².